The van der Waals surface area contributed by atoms with Crippen LogP contribution < -0.4 is 10.0 Å². The van der Waals surface area contributed by atoms with E-state index in [4.69, 9.17) is 5.73 Å². The zero-order chi connectivity index (χ0) is 17.8. The van der Waals surface area contributed by atoms with Crippen LogP contribution in [0.5, 0.6) is 0 Å². The Bertz CT molecular complexity index is 934. The number of benzene rings is 1. The maximum absolute atomic E-state index is 13.3. The van der Waals surface area contributed by atoms with Crippen LogP contribution in [0.4, 0.5) is 5.69 Å². The Morgan fingerprint density at radius 3 is 2.72 bits per heavy atom. The van der Waals surface area contributed by atoms with Crippen LogP contribution in [0.15, 0.2) is 34.7 Å². The van der Waals surface area contributed by atoms with Gasteiger partial charge in [0.2, 0.25) is 5.91 Å². The molecule has 2 aromatic rings. The largest absolute Gasteiger partial charge is 0.369 e. The summed E-state index contributed by atoms with van der Waals surface area (Å²) in [4.78, 5) is 16.1. The molecule has 4 rings (SSSR count). The van der Waals surface area contributed by atoms with E-state index in [9.17, 15) is 13.2 Å². The maximum atomic E-state index is 13.3. The fourth-order valence-electron chi connectivity index (χ4n) is 3.43. The molecule has 2 N–H and O–H groups in total. The molecule has 0 spiro atoms. The number of carbonyl (C=O) groups is 1. The average Bonchev–Trinajstić information content (AvgIpc) is 3.29. The highest BCUT2D eigenvalue weighted by molar-refractivity contribution is 7.94. The number of fused-ring (bicyclic) bond motifs is 1. The second-order valence-corrected chi connectivity index (χ2v) is 9.80. The third-order valence-corrected chi connectivity index (χ3v) is 8.34. The number of carbonyl (C=O) groups excluding carboxylic acids is 1. The van der Waals surface area contributed by atoms with Crippen LogP contribution in [0.2, 0.25) is 0 Å². The molecule has 1 aromatic carbocycles. The van der Waals surface area contributed by atoms with Crippen molar-refractivity contribution in [2.24, 2.45) is 5.73 Å². The van der Waals surface area contributed by atoms with E-state index in [-0.39, 0.29) is 10.3 Å². The number of aromatic nitrogens is 1. The minimum atomic E-state index is -3.72. The van der Waals surface area contributed by atoms with Crippen LogP contribution in [0, 0.1) is 0 Å². The number of anilines is 1. The summed E-state index contributed by atoms with van der Waals surface area (Å²) in [5, 5.41) is 0.895. The molecule has 1 fully saturated rings. The molecular formula is C17H19N3O3S2. The summed E-state index contributed by atoms with van der Waals surface area (Å²) in [5.41, 5.74) is 6.74. The topological polar surface area (TPSA) is 93.4 Å². The summed E-state index contributed by atoms with van der Waals surface area (Å²) in [6, 6.07) is 6.74. The molecule has 132 valence electrons. The van der Waals surface area contributed by atoms with Gasteiger partial charge in [-0.3, -0.25) is 9.10 Å². The minimum absolute atomic E-state index is 0.258. The Labute approximate surface area is 150 Å². The summed E-state index contributed by atoms with van der Waals surface area (Å²) >= 11 is 1.26. The van der Waals surface area contributed by atoms with Crippen molar-refractivity contribution in [2.45, 2.75) is 48.3 Å². The molecule has 1 saturated carbocycles. The number of sulfonamides is 1. The van der Waals surface area contributed by atoms with Gasteiger partial charge in [0.05, 0.1) is 22.8 Å². The Hall–Kier alpha value is -1.93. The van der Waals surface area contributed by atoms with E-state index in [1.54, 1.807) is 24.3 Å². The molecule has 0 radical (unpaired) electrons. The summed E-state index contributed by atoms with van der Waals surface area (Å²) in [5.74, 6) is -0.481. The van der Waals surface area contributed by atoms with Crippen LogP contribution in [-0.4, -0.2) is 25.4 Å². The van der Waals surface area contributed by atoms with Gasteiger partial charge in [-0.2, -0.15) is 0 Å². The number of amides is 1. The standard InChI is InChI=1S/C17H19N3O3S2/c1-10-8-13(16(18)21)12-4-2-3-5-14(12)20(10)25(22,23)15-9-19-17(24-15)11-6-7-11/h2-5,9-11,13H,6-8H2,1H3,(H2,18,21). The van der Waals surface area contributed by atoms with Crippen LogP contribution >= 0.6 is 11.3 Å². The van der Waals surface area contributed by atoms with E-state index in [0.29, 0.717) is 23.6 Å². The highest BCUT2D eigenvalue weighted by Crippen LogP contribution is 2.45. The summed E-state index contributed by atoms with van der Waals surface area (Å²) in [6.07, 6.45) is 4.00. The second kappa shape index (κ2) is 5.81. The minimum Gasteiger partial charge on any atom is -0.369 e. The average molecular weight is 377 g/mol. The molecule has 6 nitrogen and oxygen atoms in total. The molecule has 1 aliphatic heterocycles. The van der Waals surface area contributed by atoms with Crippen molar-refractivity contribution in [3.63, 3.8) is 0 Å². The molecule has 2 aliphatic rings. The monoisotopic (exact) mass is 377 g/mol. The van der Waals surface area contributed by atoms with Crippen molar-refractivity contribution in [2.75, 3.05) is 4.31 Å². The van der Waals surface area contributed by atoms with Gasteiger partial charge >= 0.3 is 0 Å². The van der Waals surface area contributed by atoms with Crippen LogP contribution in [0.1, 0.15) is 48.6 Å². The molecule has 2 heterocycles. The van der Waals surface area contributed by atoms with E-state index in [0.717, 1.165) is 17.8 Å². The number of para-hydroxylation sites is 1. The maximum Gasteiger partial charge on any atom is 0.275 e. The molecule has 1 aliphatic carbocycles. The van der Waals surface area contributed by atoms with Crippen molar-refractivity contribution in [1.29, 1.82) is 0 Å². The van der Waals surface area contributed by atoms with Gasteiger partial charge in [-0.1, -0.05) is 18.2 Å². The van der Waals surface area contributed by atoms with Gasteiger partial charge < -0.3 is 5.73 Å². The lowest BCUT2D eigenvalue weighted by Gasteiger charge is -2.38. The Morgan fingerprint density at radius 2 is 2.04 bits per heavy atom. The number of rotatable bonds is 4. The van der Waals surface area contributed by atoms with Crippen molar-refractivity contribution in [3.8, 4) is 0 Å². The zero-order valence-corrected chi connectivity index (χ0v) is 15.4. The Morgan fingerprint density at radius 1 is 1.32 bits per heavy atom. The van der Waals surface area contributed by atoms with Crippen molar-refractivity contribution in [1.82, 2.24) is 4.98 Å². The van der Waals surface area contributed by atoms with Crippen molar-refractivity contribution in [3.05, 3.63) is 41.0 Å². The van der Waals surface area contributed by atoms with Gasteiger partial charge in [-0.15, -0.1) is 11.3 Å². The molecular weight excluding hydrogens is 358 g/mol. The van der Waals surface area contributed by atoms with Gasteiger partial charge in [0.25, 0.3) is 10.0 Å². The Kier molecular flexibility index (Phi) is 3.84. The predicted octanol–water partition coefficient (Wildman–Crippen LogP) is 2.58. The Balaban J connectivity index is 1.79. The van der Waals surface area contributed by atoms with Gasteiger partial charge in [0.1, 0.15) is 0 Å². The molecule has 2 unspecified atom stereocenters. The van der Waals surface area contributed by atoms with Crippen molar-refractivity contribution >= 4 is 33.0 Å². The lowest BCUT2D eigenvalue weighted by molar-refractivity contribution is -0.119. The lowest BCUT2D eigenvalue weighted by atomic mass is 9.87. The van der Waals surface area contributed by atoms with E-state index in [1.807, 2.05) is 6.92 Å². The van der Waals surface area contributed by atoms with E-state index < -0.39 is 21.8 Å². The number of primary amides is 1. The zero-order valence-electron chi connectivity index (χ0n) is 13.8. The van der Waals surface area contributed by atoms with Gasteiger partial charge in [0, 0.05) is 12.0 Å². The summed E-state index contributed by atoms with van der Waals surface area (Å²) in [6.45, 7) is 1.81. The van der Waals surface area contributed by atoms with Crippen LogP contribution in [0.3, 0.4) is 0 Å². The molecule has 2 atom stereocenters. The normalized spacial score (nSPS) is 23.3. The number of nitrogens with two attached hydrogens (primary N) is 1. The molecule has 0 bridgehead atoms. The first kappa shape index (κ1) is 16.5. The van der Waals surface area contributed by atoms with Gasteiger partial charge in [-0.05, 0) is 37.8 Å². The van der Waals surface area contributed by atoms with Crippen molar-refractivity contribution < 1.29 is 13.2 Å². The van der Waals surface area contributed by atoms with Gasteiger partial charge in [-0.25, -0.2) is 13.4 Å². The first-order valence-electron chi connectivity index (χ1n) is 8.28. The number of hydrogen-bond acceptors (Lipinski definition) is 5. The van der Waals surface area contributed by atoms with E-state index in [1.165, 1.54) is 21.8 Å². The predicted molar refractivity (Wildman–Crippen MR) is 96.2 cm³/mol. The molecule has 1 aromatic heterocycles. The highest BCUT2D eigenvalue weighted by Gasteiger charge is 2.40. The van der Waals surface area contributed by atoms with E-state index in [2.05, 4.69) is 4.98 Å². The third kappa shape index (κ3) is 2.73. The summed E-state index contributed by atoms with van der Waals surface area (Å²) < 4.78 is 28.2. The first-order valence-corrected chi connectivity index (χ1v) is 10.5. The number of nitrogens with zero attached hydrogens (tertiary/aromatic N) is 2. The molecule has 25 heavy (non-hydrogen) atoms. The quantitative estimate of drug-likeness (QED) is 0.886. The third-order valence-electron chi connectivity index (χ3n) is 4.81. The van der Waals surface area contributed by atoms with E-state index >= 15 is 0 Å². The van der Waals surface area contributed by atoms with Crippen LogP contribution in [0.25, 0.3) is 0 Å². The second-order valence-electron chi connectivity index (χ2n) is 6.69. The van der Waals surface area contributed by atoms with Gasteiger partial charge in [0.15, 0.2) is 4.21 Å². The molecule has 0 saturated heterocycles. The highest BCUT2D eigenvalue weighted by atomic mass is 32.2. The lowest BCUT2D eigenvalue weighted by Crippen LogP contribution is -2.44. The van der Waals surface area contributed by atoms with Crippen LogP contribution in [-0.2, 0) is 14.8 Å². The smallest absolute Gasteiger partial charge is 0.275 e. The summed E-state index contributed by atoms with van der Waals surface area (Å²) in [7, 11) is -3.72. The fourth-order valence-corrected chi connectivity index (χ4v) is 6.53. The number of hydrogen-bond donors (Lipinski definition) is 1. The number of thiazole rings is 1. The fraction of sp³-hybridized carbons (Fsp3) is 0.412. The molecule has 8 heteroatoms. The SMILES string of the molecule is CC1CC(C(N)=O)c2ccccc2N1S(=O)(=O)c1cnc(C2CC2)s1. The molecule has 1 amide bonds. The first-order chi connectivity index (χ1) is 11.9.